The summed E-state index contributed by atoms with van der Waals surface area (Å²) in [6, 6.07) is 0. The Morgan fingerprint density at radius 1 is 1.25 bits per heavy atom. The van der Waals surface area contributed by atoms with Crippen LogP contribution in [-0.2, 0) is 4.79 Å². The summed E-state index contributed by atoms with van der Waals surface area (Å²) in [6.07, 6.45) is 3.40. The van der Waals surface area contributed by atoms with Gasteiger partial charge in [0.05, 0.1) is 11.4 Å². The lowest BCUT2D eigenvalue weighted by molar-refractivity contribution is -0.121. The highest BCUT2D eigenvalue weighted by Gasteiger charge is 2.13. The fourth-order valence-electron chi connectivity index (χ4n) is 1.27. The van der Waals surface area contributed by atoms with E-state index in [1.807, 2.05) is 0 Å². The van der Waals surface area contributed by atoms with Gasteiger partial charge in [-0.25, -0.2) is 0 Å². The smallest absolute Gasteiger partial charge is 0.232 e. The third-order valence-corrected chi connectivity index (χ3v) is 2.97. The lowest BCUT2D eigenvalue weighted by Gasteiger charge is -2.12. The van der Waals surface area contributed by atoms with Gasteiger partial charge in [0, 0.05) is 6.54 Å². The van der Waals surface area contributed by atoms with E-state index in [-0.39, 0.29) is 11.2 Å². The van der Waals surface area contributed by atoms with E-state index in [1.165, 1.54) is 0 Å². The topological polar surface area (TPSA) is 49.3 Å². The first-order valence-electron chi connectivity index (χ1n) is 5.75. The average Bonchev–Trinajstić information content (AvgIpc) is 2.20. The molecule has 0 aliphatic heterocycles. The minimum Gasteiger partial charge on any atom is -0.392 e. The summed E-state index contributed by atoms with van der Waals surface area (Å²) in [4.78, 5) is 11.5. The van der Waals surface area contributed by atoms with Gasteiger partial charge in [0.2, 0.25) is 5.91 Å². The number of amides is 1. The molecule has 0 aromatic heterocycles. The first-order chi connectivity index (χ1) is 7.43. The molecule has 96 valence electrons. The molecule has 0 aliphatic rings. The van der Waals surface area contributed by atoms with E-state index >= 15 is 0 Å². The molecule has 0 radical (unpaired) electrons. The summed E-state index contributed by atoms with van der Waals surface area (Å²) in [6.45, 7) is 4.00. The van der Waals surface area contributed by atoms with Crippen molar-refractivity contribution in [3.8, 4) is 0 Å². The van der Waals surface area contributed by atoms with Crippen LogP contribution in [0.5, 0.6) is 0 Å². The van der Waals surface area contributed by atoms with E-state index in [0.717, 1.165) is 25.7 Å². The molecule has 0 aliphatic carbocycles. The molecular formula is C11H23NO2S2. The minimum absolute atomic E-state index is 0.0943. The monoisotopic (exact) mass is 265 g/mol. The normalized spacial score (nSPS) is 16.6. The maximum Gasteiger partial charge on any atom is 0.232 e. The number of rotatable bonds is 8. The third kappa shape index (κ3) is 9.36. The quantitative estimate of drug-likeness (QED) is 0.398. The number of thiol groups is 2. The summed E-state index contributed by atoms with van der Waals surface area (Å²) in [5, 5.41) is 11.8. The molecule has 2 N–H and O–H groups in total. The van der Waals surface area contributed by atoms with Crippen molar-refractivity contribution in [2.24, 2.45) is 0 Å². The van der Waals surface area contributed by atoms with E-state index in [2.05, 4.69) is 37.5 Å². The largest absolute Gasteiger partial charge is 0.392 e. The molecule has 0 rings (SSSR count). The van der Waals surface area contributed by atoms with Crippen molar-refractivity contribution >= 4 is 31.2 Å². The van der Waals surface area contributed by atoms with Crippen molar-refractivity contribution in [2.75, 3.05) is 6.54 Å². The number of hydrogen-bond acceptors (Lipinski definition) is 4. The van der Waals surface area contributed by atoms with E-state index in [0.29, 0.717) is 11.8 Å². The number of nitrogens with one attached hydrogen (secondary N) is 1. The Labute approximate surface area is 109 Å². The minimum atomic E-state index is -0.505. The van der Waals surface area contributed by atoms with Crippen LogP contribution in [0, 0.1) is 0 Å². The average molecular weight is 265 g/mol. The summed E-state index contributed by atoms with van der Waals surface area (Å²) in [7, 11) is 0. The van der Waals surface area contributed by atoms with Crippen LogP contribution in [0.1, 0.15) is 39.5 Å². The summed E-state index contributed by atoms with van der Waals surface area (Å²) in [5.74, 6) is -0.0943. The highest BCUT2D eigenvalue weighted by molar-refractivity contribution is 7.81. The standard InChI is InChI=1S/C11H23NO2S2/c1-8(13)7-12-11(14)10(16)6-4-3-5-9(2)15/h8-10,13,15-16H,3-7H2,1-2H3,(H,12,14). The molecule has 3 unspecified atom stereocenters. The molecule has 16 heavy (non-hydrogen) atoms. The second kappa shape index (κ2) is 9.19. The van der Waals surface area contributed by atoms with Crippen LogP contribution in [0.2, 0.25) is 0 Å². The molecular weight excluding hydrogens is 242 g/mol. The van der Waals surface area contributed by atoms with Gasteiger partial charge in [0.1, 0.15) is 0 Å². The Kier molecular flexibility index (Phi) is 9.26. The zero-order valence-electron chi connectivity index (χ0n) is 10.0. The SMILES string of the molecule is CC(O)CNC(=O)C(S)CCCCC(C)S. The van der Waals surface area contributed by atoms with Gasteiger partial charge < -0.3 is 10.4 Å². The van der Waals surface area contributed by atoms with E-state index in [4.69, 9.17) is 5.11 Å². The van der Waals surface area contributed by atoms with Gasteiger partial charge in [-0.05, 0) is 25.0 Å². The fraction of sp³-hybridized carbons (Fsp3) is 0.909. The lowest BCUT2D eigenvalue weighted by atomic mass is 10.1. The molecule has 0 heterocycles. The van der Waals surface area contributed by atoms with Crippen molar-refractivity contribution in [1.29, 1.82) is 0 Å². The fourth-order valence-corrected chi connectivity index (χ4v) is 1.73. The molecule has 0 spiro atoms. The van der Waals surface area contributed by atoms with Gasteiger partial charge >= 0.3 is 0 Å². The molecule has 3 nitrogen and oxygen atoms in total. The van der Waals surface area contributed by atoms with Gasteiger partial charge in [-0.3, -0.25) is 4.79 Å². The number of hydrogen-bond donors (Lipinski definition) is 4. The number of aliphatic hydroxyl groups is 1. The van der Waals surface area contributed by atoms with Gasteiger partial charge in [-0.15, -0.1) is 0 Å². The first-order valence-corrected chi connectivity index (χ1v) is 6.78. The summed E-state index contributed by atoms with van der Waals surface area (Å²) in [5.41, 5.74) is 0. The lowest BCUT2D eigenvalue weighted by Crippen LogP contribution is -2.36. The molecule has 0 fully saturated rings. The Morgan fingerprint density at radius 2 is 1.81 bits per heavy atom. The Bertz CT molecular complexity index is 198. The van der Waals surface area contributed by atoms with Crippen LogP contribution in [0.3, 0.4) is 0 Å². The van der Waals surface area contributed by atoms with Gasteiger partial charge in [-0.1, -0.05) is 19.8 Å². The second-order valence-electron chi connectivity index (χ2n) is 4.24. The Balaban J connectivity index is 3.55. The van der Waals surface area contributed by atoms with Crippen LogP contribution in [-0.4, -0.2) is 34.2 Å². The molecule has 5 heteroatoms. The van der Waals surface area contributed by atoms with Crippen molar-refractivity contribution in [3.63, 3.8) is 0 Å². The van der Waals surface area contributed by atoms with Crippen molar-refractivity contribution in [1.82, 2.24) is 5.32 Å². The van der Waals surface area contributed by atoms with E-state index in [1.54, 1.807) is 6.92 Å². The van der Waals surface area contributed by atoms with Crippen LogP contribution in [0.25, 0.3) is 0 Å². The second-order valence-corrected chi connectivity index (χ2v) is 5.75. The third-order valence-electron chi connectivity index (χ3n) is 2.22. The highest BCUT2D eigenvalue weighted by Crippen LogP contribution is 2.12. The highest BCUT2D eigenvalue weighted by atomic mass is 32.1. The van der Waals surface area contributed by atoms with E-state index < -0.39 is 6.10 Å². The maximum atomic E-state index is 11.5. The van der Waals surface area contributed by atoms with Crippen molar-refractivity contribution in [2.45, 2.75) is 56.1 Å². The zero-order chi connectivity index (χ0) is 12.6. The number of carbonyl (C=O) groups excluding carboxylic acids is 1. The molecule has 0 bridgehead atoms. The maximum absolute atomic E-state index is 11.5. The number of aliphatic hydroxyl groups excluding tert-OH is 1. The molecule has 0 aromatic rings. The van der Waals surface area contributed by atoms with Crippen LogP contribution < -0.4 is 5.32 Å². The predicted molar refractivity (Wildman–Crippen MR) is 74.4 cm³/mol. The van der Waals surface area contributed by atoms with Crippen molar-refractivity contribution in [3.05, 3.63) is 0 Å². The van der Waals surface area contributed by atoms with Crippen LogP contribution >= 0.6 is 25.3 Å². The van der Waals surface area contributed by atoms with E-state index in [9.17, 15) is 4.79 Å². The number of carbonyl (C=O) groups is 1. The molecule has 0 aromatic carbocycles. The first kappa shape index (κ1) is 16.1. The Hall–Kier alpha value is 0.130. The molecule has 0 saturated carbocycles. The number of unbranched alkanes of at least 4 members (excludes halogenated alkanes) is 1. The molecule has 1 amide bonds. The zero-order valence-corrected chi connectivity index (χ0v) is 11.8. The van der Waals surface area contributed by atoms with Crippen LogP contribution in [0.15, 0.2) is 0 Å². The van der Waals surface area contributed by atoms with Gasteiger partial charge in [0.25, 0.3) is 0 Å². The molecule has 0 saturated heterocycles. The predicted octanol–water partition coefficient (Wildman–Crippen LogP) is 1.66. The summed E-state index contributed by atoms with van der Waals surface area (Å²) < 4.78 is 0. The Morgan fingerprint density at radius 3 is 2.31 bits per heavy atom. The van der Waals surface area contributed by atoms with Gasteiger partial charge in [-0.2, -0.15) is 25.3 Å². The van der Waals surface area contributed by atoms with Gasteiger partial charge in [0.15, 0.2) is 0 Å². The molecule has 3 atom stereocenters. The van der Waals surface area contributed by atoms with Crippen molar-refractivity contribution < 1.29 is 9.90 Å². The summed E-state index contributed by atoms with van der Waals surface area (Å²) >= 11 is 8.53. The van der Waals surface area contributed by atoms with Crippen LogP contribution in [0.4, 0.5) is 0 Å².